The van der Waals surface area contributed by atoms with E-state index in [4.69, 9.17) is 0 Å². The molecule has 0 aliphatic heterocycles. The highest BCUT2D eigenvalue weighted by atomic mass is 16.3. The molecule has 4 heteroatoms. The minimum atomic E-state index is -0.378. The fraction of sp³-hybridized carbons (Fsp3) is 0.294. The van der Waals surface area contributed by atoms with Gasteiger partial charge < -0.3 is 5.11 Å². The predicted molar refractivity (Wildman–Crippen MR) is 83.0 cm³/mol. The largest absolute Gasteiger partial charge is 0.393 e. The summed E-state index contributed by atoms with van der Waals surface area (Å²) >= 11 is 0. The van der Waals surface area contributed by atoms with Crippen LogP contribution in [0.3, 0.4) is 0 Å². The molecule has 0 saturated heterocycles. The minimum Gasteiger partial charge on any atom is -0.393 e. The van der Waals surface area contributed by atoms with E-state index < -0.39 is 0 Å². The quantitative estimate of drug-likeness (QED) is 0.781. The topological polar surface area (TPSA) is 50.9 Å². The molecule has 0 aliphatic rings. The van der Waals surface area contributed by atoms with Crippen molar-refractivity contribution in [2.45, 2.75) is 25.4 Å². The summed E-state index contributed by atoms with van der Waals surface area (Å²) in [6.45, 7) is 0. The Kier molecular flexibility index (Phi) is 3.97. The Hall–Kier alpha value is -2.20. The second-order valence-electron chi connectivity index (χ2n) is 5.34. The van der Waals surface area contributed by atoms with Gasteiger partial charge in [0.1, 0.15) is 0 Å². The van der Waals surface area contributed by atoms with Crippen molar-refractivity contribution in [3.63, 3.8) is 0 Å². The number of fused-ring (bicyclic) bond motifs is 1. The van der Waals surface area contributed by atoms with E-state index in [-0.39, 0.29) is 6.10 Å². The fourth-order valence-corrected chi connectivity index (χ4v) is 2.65. The first kappa shape index (κ1) is 13.8. The van der Waals surface area contributed by atoms with Crippen LogP contribution in [0.2, 0.25) is 0 Å². The van der Waals surface area contributed by atoms with Crippen molar-refractivity contribution in [3.8, 4) is 0 Å². The molecule has 0 spiro atoms. The fourth-order valence-electron chi connectivity index (χ4n) is 2.65. The maximum absolute atomic E-state index is 10.3. The molecule has 0 radical (unpaired) electrons. The van der Waals surface area contributed by atoms with Gasteiger partial charge in [-0.25, -0.2) is 0 Å². The number of rotatable bonds is 5. The first-order chi connectivity index (χ1) is 10.2. The average Bonchev–Trinajstić information content (AvgIpc) is 2.83. The molecule has 2 heterocycles. The Bertz CT molecular complexity index is 721. The number of nitrogens with zero attached hydrogens (tertiary/aromatic N) is 3. The second-order valence-corrected chi connectivity index (χ2v) is 5.34. The molecule has 3 aromatic rings. The SMILES string of the molecule is Cn1nc(CC(O)CCc2ccncc2)c2ccccc21. The molecule has 0 bridgehead atoms. The Morgan fingerprint density at radius 2 is 1.90 bits per heavy atom. The van der Waals surface area contributed by atoms with Crippen molar-refractivity contribution in [1.82, 2.24) is 14.8 Å². The number of aliphatic hydroxyl groups excluding tert-OH is 1. The van der Waals surface area contributed by atoms with E-state index in [2.05, 4.69) is 22.2 Å². The summed E-state index contributed by atoms with van der Waals surface area (Å²) in [5, 5.41) is 15.9. The number of aromatic nitrogens is 3. The summed E-state index contributed by atoms with van der Waals surface area (Å²) in [5.74, 6) is 0. The van der Waals surface area contributed by atoms with Gasteiger partial charge in [0.25, 0.3) is 0 Å². The van der Waals surface area contributed by atoms with Crippen molar-refractivity contribution in [2.24, 2.45) is 7.05 Å². The van der Waals surface area contributed by atoms with E-state index in [1.54, 1.807) is 12.4 Å². The number of hydrogen-bond donors (Lipinski definition) is 1. The molecule has 108 valence electrons. The Labute approximate surface area is 124 Å². The van der Waals surface area contributed by atoms with Crippen LogP contribution >= 0.6 is 0 Å². The first-order valence-electron chi connectivity index (χ1n) is 7.21. The van der Waals surface area contributed by atoms with Crippen LogP contribution in [0, 0.1) is 0 Å². The number of aliphatic hydroxyl groups is 1. The van der Waals surface area contributed by atoms with Gasteiger partial charge in [0.2, 0.25) is 0 Å². The number of aryl methyl sites for hydroxylation is 2. The minimum absolute atomic E-state index is 0.378. The van der Waals surface area contributed by atoms with Crippen molar-refractivity contribution in [1.29, 1.82) is 0 Å². The number of benzene rings is 1. The van der Waals surface area contributed by atoms with Crippen LogP contribution in [0.15, 0.2) is 48.8 Å². The first-order valence-corrected chi connectivity index (χ1v) is 7.21. The van der Waals surface area contributed by atoms with E-state index >= 15 is 0 Å². The lowest BCUT2D eigenvalue weighted by atomic mass is 10.0. The van der Waals surface area contributed by atoms with E-state index in [9.17, 15) is 5.11 Å². The molecule has 3 rings (SSSR count). The molecule has 2 aromatic heterocycles. The molecule has 4 nitrogen and oxygen atoms in total. The van der Waals surface area contributed by atoms with Gasteiger partial charge in [-0.15, -0.1) is 0 Å². The van der Waals surface area contributed by atoms with E-state index in [1.807, 2.05) is 36.0 Å². The summed E-state index contributed by atoms with van der Waals surface area (Å²) in [5.41, 5.74) is 3.28. The van der Waals surface area contributed by atoms with E-state index in [0.717, 1.165) is 29.4 Å². The van der Waals surface area contributed by atoms with Crippen molar-refractivity contribution < 1.29 is 5.11 Å². The number of hydrogen-bond acceptors (Lipinski definition) is 3. The zero-order valence-corrected chi connectivity index (χ0v) is 12.1. The normalized spacial score (nSPS) is 12.7. The number of pyridine rings is 1. The summed E-state index contributed by atoms with van der Waals surface area (Å²) in [6.07, 6.45) is 5.37. The predicted octanol–water partition coefficient (Wildman–Crippen LogP) is 2.50. The summed E-state index contributed by atoms with van der Waals surface area (Å²) in [7, 11) is 1.94. The summed E-state index contributed by atoms with van der Waals surface area (Å²) in [6, 6.07) is 12.1. The van der Waals surface area contributed by atoms with Crippen molar-refractivity contribution in [3.05, 3.63) is 60.0 Å². The molecule has 1 aromatic carbocycles. The standard InChI is InChI=1S/C17H19N3O/c1-20-17-5-3-2-4-15(17)16(19-20)12-14(21)7-6-13-8-10-18-11-9-13/h2-5,8-11,14,21H,6-7,12H2,1H3. The lowest BCUT2D eigenvalue weighted by molar-refractivity contribution is 0.164. The van der Waals surface area contributed by atoms with Crippen LogP contribution in [0.4, 0.5) is 0 Å². The Morgan fingerprint density at radius 1 is 1.14 bits per heavy atom. The van der Waals surface area contributed by atoms with Crippen molar-refractivity contribution in [2.75, 3.05) is 0 Å². The third-order valence-electron chi connectivity index (χ3n) is 3.78. The van der Waals surface area contributed by atoms with E-state index in [0.29, 0.717) is 6.42 Å². The van der Waals surface area contributed by atoms with Crippen LogP contribution in [-0.4, -0.2) is 26.0 Å². The maximum atomic E-state index is 10.3. The molecule has 1 atom stereocenters. The monoisotopic (exact) mass is 281 g/mol. The van der Waals surface area contributed by atoms with Gasteiger partial charge in [0.15, 0.2) is 0 Å². The van der Waals surface area contributed by atoms with Crippen molar-refractivity contribution >= 4 is 10.9 Å². The molecular formula is C17H19N3O. The molecule has 0 fully saturated rings. The van der Waals surface area contributed by atoms with Gasteiger partial charge in [0, 0.05) is 31.2 Å². The van der Waals surface area contributed by atoms with Crippen LogP contribution < -0.4 is 0 Å². The highest BCUT2D eigenvalue weighted by Gasteiger charge is 2.13. The van der Waals surface area contributed by atoms with Crippen LogP contribution in [0.1, 0.15) is 17.7 Å². The summed E-state index contributed by atoms with van der Waals surface area (Å²) in [4.78, 5) is 4.00. The average molecular weight is 281 g/mol. The Balaban J connectivity index is 1.68. The smallest absolute Gasteiger partial charge is 0.0728 e. The zero-order chi connectivity index (χ0) is 14.7. The third kappa shape index (κ3) is 3.11. The zero-order valence-electron chi connectivity index (χ0n) is 12.1. The molecule has 21 heavy (non-hydrogen) atoms. The molecule has 0 amide bonds. The van der Waals surface area contributed by atoms with Gasteiger partial charge in [-0.05, 0) is 36.6 Å². The molecule has 1 N–H and O–H groups in total. The van der Waals surface area contributed by atoms with Gasteiger partial charge in [-0.3, -0.25) is 9.67 Å². The highest BCUT2D eigenvalue weighted by molar-refractivity contribution is 5.81. The molecule has 0 saturated carbocycles. The molecule has 1 unspecified atom stereocenters. The van der Waals surface area contributed by atoms with Gasteiger partial charge in [-0.2, -0.15) is 5.10 Å². The second kappa shape index (κ2) is 6.06. The lowest BCUT2D eigenvalue weighted by Gasteiger charge is -2.09. The summed E-state index contributed by atoms with van der Waals surface area (Å²) < 4.78 is 1.88. The van der Waals surface area contributed by atoms with E-state index in [1.165, 1.54) is 5.56 Å². The van der Waals surface area contributed by atoms with Crippen LogP contribution in [-0.2, 0) is 19.9 Å². The van der Waals surface area contributed by atoms with Gasteiger partial charge >= 0.3 is 0 Å². The van der Waals surface area contributed by atoms with Crippen LogP contribution in [0.5, 0.6) is 0 Å². The maximum Gasteiger partial charge on any atom is 0.0728 e. The van der Waals surface area contributed by atoms with Crippen LogP contribution in [0.25, 0.3) is 10.9 Å². The van der Waals surface area contributed by atoms with Gasteiger partial charge in [0.05, 0.1) is 17.3 Å². The van der Waals surface area contributed by atoms with Gasteiger partial charge in [-0.1, -0.05) is 18.2 Å². The third-order valence-corrected chi connectivity index (χ3v) is 3.78. The molecular weight excluding hydrogens is 262 g/mol. The number of para-hydroxylation sites is 1. The highest BCUT2D eigenvalue weighted by Crippen LogP contribution is 2.19. The lowest BCUT2D eigenvalue weighted by Crippen LogP contribution is -2.12. The molecule has 0 aliphatic carbocycles. The Morgan fingerprint density at radius 3 is 2.71 bits per heavy atom.